The molecule has 0 spiro atoms. The number of hydrogen-bond donors (Lipinski definition) is 2. The van der Waals surface area contributed by atoms with Crippen LogP contribution in [0.5, 0.6) is 0 Å². The summed E-state index contributed by atoms with van der Waals surface area (Å²) in [7, 11) is 0. The van der Waals surface area contributed by atoms with E-state index in [1.165, 1.54) is 24.1 Å². The Kier molecular flexibility index (Phi) is 2.49. The van der Waals surface area contributed by atoms with E-state index in [2.05, 4.69) is 22.8 Å². The molecule has 4 rings (SSSR count). The first-order valence-corrected chi connectivity index (χ1v) is 7.27. The molecule has 19 heavy (non-hydrogen) atoms. The second-order valence-electron chi connectivity index (χ2n) is 5.97. The van der Waals surface area contributed by atoms with Gasteiger partial charge in [0.25, 0.3) is 0 Å². The van der Waals surface area contributed by atoms with Gasteiger partial charge in [-0.25, -0.2) is 4.98 Å². The van der Waals surface area contributed by atoms with Gasteiger partial charge in [-0.2, -0.15) is 5.26 Å². The monoisotopic (exact) mass is 254 g/mol. The second kappa shape index (κ2) is 4.21. The Morgan fingerprint density at radius 2 is 2.05 bits per heavy atom. The second-order valence-corrected chi connectivity index (χ2v) is 5.97. The molecule has 0 bridgehead atoms. The van der Waals surface area contributed by atoms with Crippen LogP contribution in [0, 0.1) is 23.2 Å². The lowest BCUT2D eigenvalue weighted by molar-refractivity contribution is 0.665. The van der Waals surface area contributed by atoms with E-state index in [0.29, 0.717) is 6.04 Å². The van der Waals surface area contributed by atoms with Crippen LogP contribution in [-0.4, -0.2) is 24.1 Å². The molecule has 4 heteroatoms. The molecule has 1 saturated carbocycles. The minimum absolute atomic E-state index is 0.530. The number of nitriles is 1. The van der Waals surface area contributed by atoms with Gasteiger partial charge in [-0.05, 0) is 49.1 Å². The zero-order valence-electron chi connectivity index (χ0n) is 10.9. The van der Waals surface area contributed by atoms with Crippen LogP contribution >= 0.6 is 0 Å². The van der Waals surface area contributed by atoms with Gasteiger partial charge < -0.3 is 10.6 Å². The van der Waals surface area contributed by atoms with Crippen LogP contribution in [0.1, 0.15) is 29.7 Å². The van der Waals surface area contributed by atoms with Gasteiger partial charge in [0, 0.05) is 24.8 Å². The summed E-state index contributed by atoms with van der Waals surface area (Å²) in [5.74, 6) is 2.30. The van der Waals surface area contributed by atoms with E-state index >= 15 is 0 Å². The molecule has 2 atom stereocenters. The van der Waals surface area contributed by atoms with Gasteiger partial charge in [0.2, 0.25) is 0 Å². The lowest BCUT2D eigenvalue weighted by Gasteiger charge is -2.18. The third kappa shape index (κ3) is 1.81. The summed E-state index contributed by atoms with van der Waals surface area (Å²) in [5.41, 5.74) is 3.21. The first-order chi connectivity index (χ1) is 9.36. The van der Waals surface area contributed by atoms with E-state index in [0.717, 1.165) is 49.1 Å². The Balaban J connectivity index is 1.62. The number of anilines is 1. The van der Waals surface area contributed by atoms with E-state index in [1.54, 1.807) is 0 Å². The molecule has 2 aliphatic carbocycles. The van der Waals surface area contributed by atoms with Crippen molar-refractivity contribution in [3.8, 4) is 6.07 Å². The van der Waals surface area contributed by atoms with Crippen molar-refractivity contribution in [3.63, 3.8) is 0 Å². The molecule has 3 aliphatic rings. The summed E-state index contributed by atoms with van der Waals surface area (Å²) in [6, 6.07) is 4.89. The fraction of sp³-hybridized carbons (Fsp3) is 0.600. The summed E-state index contributed by atoms with van der Waals surface area (Å²) in [6.07, 6.45) is 4.60. The van der Waals surface area contributed by atoms with Crippen molar-refractivity contribution in [2.24, 2.45) is 11.8 Å². The number of nitrogens with one attached hydrogen (secondary N) is 2. The quantitative estimate of drug-likeness (QED) is 0.839. The molecule has 1 aliphatic heterocycles. The maximum absolute atomic E-state index is 9.31. The predicted octanol–water partition coefficient (Wildman–Crippen LogP) is 1.46. The minimum atomic E-state index is 0.530. The molecule has 0 radical (unpaired) electrons. The average molecular weight is 254 g/mol. The van der Waals surface area contributed by atoms with Crippen LogP contribution in [0.3, 0.4) is 0 Å². The molecule has 4 nitrogen and oxygen atoms in total. The summed E-state index contributed by atoms with van der Waals surface area (Å²) in [5, 5.41) is 16.2. The fourth-order valence-electron chi connectivity index (χ4n) is 3.62. The van der Waals surface area contributed by atoms with Crippen LogP contribution in [-0.2, 0) is 12.8 Å². The fourth-order valence-corrected chi connectivity index (χ4v) is 3.62. The number of aromatic nitrogens is 1. The van der Waals surface area contributed by atoms with E-state index in [1.807, 2.05) is 0 Å². The highest BCUT2D eigenvalue weighted by Crippen LogP contribution is 2.44. The van der Waals surface area contributed by atoms with Gasteiger partial charge in [-0.1, -0.05) is 0 Å². The molecule has 1 saturated heterocycles. The van der Waals surface area contributed by atoms with Crippen molar-refractivity contribution in [1.29, 1.82) is 5.26 Å². The Labute approximate surface area is 113 Å². The Bertz CT molecular complexity index is 550. The number of pyridine rings is 1. The van der Waals surface area contributed by atoms with Crippen LogP contribution in [0.2, 0.25) is 0 Å². The lowest BCUT2D eigenvalue weighted by Crippen LogP contribution is -2.22. The molecule has 98 valence electrons. The van der Waals surface area contributed by atoms with Crippen molar-refractivity contribution in [2.45, 2.75) is 31.7 Å². The van der Waals surface area contributed by atoms with Gasteiger partial charge in [0.15, 0.2) is 0 Å². The number of nitrogens with zero attached hydrogens (tertiary/aromatic N) is 2. The van der Waals surface area contributed by atoms with E-state index in [-0.39, 0.29) is 0 Å². The zero-order valence-corrected chi connectivity index (χ0v) is 10.9. The van der Waals surface area contributed by atoms with Gasteiger partial charge >= 0.3 is 0 Å². The average Bonchev–Trinajstić information content (AvgIpc) is 2.88. The van der Waals surface area contributed by atoms with Crippen LogP contribution in [0.15, 0.2) is 6.07 Å². The third-order valence-electron chi connectivity index (χ3n) is 4.82. The maximum Gasteiger partial charge on any atom is 0.144 e. The molecule has 1 aromatic rings. The topological polar surface area (TPSA) is 60.7 Å². The van der Waals surface area contributed by atoms with Gasteiger partial charge in [0.1, 0.15) is 11.9 Å². The van der Waals surface area contributed by atoms with Crippen molar-refractivity contribution >= 4 is 5.82 Å². The molecule has 2 unspecified atom stereocenters. The third-order valence-corrected chi connectivity index (χ3v) is 4.82. The smallest absolute Gasteiger partial charge is 0.144 e. The van der Waals surface area contributed by atoms with Crippen molar-refractivity contribution < 1.29 is 0 Å². The normalized spacial score (nSPS) is 31.2. The van der Waals surface area contributed by atoms with Crippen LogP contribution in [0.4, 0.5) is 5.82 Å². The lowest BCUT2D eigenvalue weighted by atomic mass is 9.95. The molecule has 0 amide bonds. The molecule has 1 aromatic heterocycles. The molecule has 0 aromatic carbocycles. The summed E-state index contributed by atoms with van der Waals surface area (Å²) >= 11 is 0. The molecular formula is C15H18N4. The van der Waals surface area contributed by atoms with E-state index < -0.39 is 0 Å². The highest BCUT2D eigenvalue weighted by molar-refractivity contribution is 5.56. The number of piperidine rings is 1. The van der Waals surface area contributed by atoms with E-state index in [4.69, 9.17) is 4.98 Å². The van der Waals surface area contributed by atoms with Crippen molar-refractivity contribution in [1.82, 2.24) is 10.3 Å². The number of fused-ring (bicyclic) bond motifs is 2. The van der Waals surface area contributed by atoms with Crippen molar-refractivity contribution in [2.75, 3.05) is 18.4 Å². The standard InChI is InChI=1S/C15H18N4/c16-6-10-5-9-3-1-2-4-13(9)18-15(10)19-14-11-7-17-8-12(11)14/h5,11-12,14,17H,1-4,7-8H2,(H,18,19). The SMILES string of the molecule is N#Cc1cc2c(nc1NC1C3CNCC31)CCCC2. The Morgan fingerprint density at radius 1 is 1.26 bits per heavy atom. The highest BCUT2D eigenvalue weighted by Gasteiger charge is 2.53. The Hall–Kier alpha value is -1.60. The number of hydrogen-bond acceptors (Lipinski definition) is 4. The van der Waals surface area contributed by atoms with Crippen LogP contribution in [0.25, 0.3) is 0 Å². The molecular weight excluding hydrogens is 236 g/mol. The summed E-state index contributed by atoms with van der Waals surface area (Å²) in [4.78, 5) is 4.74. The largest absolute Gasteiger partial charge is 0.366 e. The first kappa shape index (κ1) is 11.2. The summed E-state index contributed by atoms with van der Waals surface area (Å²) in [6.45, 7) is 2.21. The zero-order chi connectivity index (χ0) is 12.8. The number of rotatable bonds is 2. The Morgan fingerprint density at radius 3 is 2.84 bits per heavy atom. The predicted molar refractivity (Wildman–Crippen MR) is 72.9 cm³/mol. The maximum atomic E-state index is 9.31. The molecule has 2 fully saturated rings. The van der Waals surface area contributed by atoms with Gasteiger partial charge in [-0.3, -0.25) is 0 Å². The molecule has 2 heterocycles. The van der Waals surface area contributed by atoms with E-state index in [9.17, 15) is 5.26 Å². The highest BCUT2D eigenvalue weighted by atomic mass is 15.1. The van der Waals surface area contributed by atoms with Gasteiger partial charge in [0.05, 0.1) is 5.56 Å². The van der Waals surface area contributed by atoms with Gasteiger partial charge in [-0.15, -0.1) is 0 Å². The molecule has 2 N–H and O–H groups in total. The minimum Gasteiger partial charge on any atom is -0.366 e. The van der Waals surface area contributed by atoms with Crippen molar-refractivity contribution in [3.05, 3.63) is 22.9 Å². The first-order valence-electron chi connectivity index (χ1n) is 7.27. The van der Waals surface area contributed by atoms with Crippen LogP contribution < -0.4 is 10.6 Å². The number of aryl methyl sites for hydroxylation is 2. The summed E-state index contributed by atoms with van der Waals surface area (Å²) < 4.78 is 0.